The zero-order chi connectivity index (χ0) is 20.4. The maximum Gasteiger partial charge on any atom is 0.253 e. The summed E-state index contributed by atoms with van der Waals surface area (Å²) in [4.78, 5) is 15.0. The summed E-state index contributed by atoms with van der Waals surface area (Å²) in [6.07, 6.45) is 2.72. The molecule has 7 heteroatoms. The molecule has 0 aromatic heterocycles. The lowest BCUT2D eigenvalue weighted by Crippen LogP contribution is -2.29. The molecule has 29 heavy (non-hydrogen) atoms. The Hall–Kier alpha value is -2.38. The van der Waals surface area contributed by atoms with Crippen LogP contribution in [0.5, 0.6) is 5.75 Å². The van der Waals surface area contributed by atoms with E-state index in [1.54, 1.807) is 31.4 Å². The fraction of sp³-hybridized carbons (Fsp3) is 0.409. The summed E-state index contributed by atoms with van der Waals surface area (Å²) < 4.78 is 32.0. The Morgan fingerprint density at radius 3 is 2.24 bits per heavy atom. The van der Waals surface area contributed by atoms with E-state index in [4.69, 9.17) is 4.74 Å². The molecule has 2 aromatic carbocycles. The zero-order valence-electron chi connectivity index (χ0n) is 16.6. The van der Waals surface area contributed by atoms with Gasteiger partial charge in [-0.05, 0) is 61.2 Å². The van der Waals surface area contributed by atoms with Crippen LogP contribution in [0.2, 0.25) is 0 Å². The van der Waals surface area contributed by atoms with Gasteiger partial charge in [-0.1, -0.05) is 12.1 Å². The van der Waals surface area contributed by atoms with E-state index in [0.717, 1.165) is 25.0 Å². The van der Waals surface area contributed by atoms with Crippen LogP contribution in [0.1, 0.15) is 41.1 Å². The number of hydrogen-bond donors (Lipinski definition) is 0. The van der Waals surface area contributed by atoms with Crippen molar-refractivity contribution in [2.24, 2.45) is 0 Å². The molecule has 0 aliphatic carbocycles. The van der Waals surface area contributed by atoms with Crippen LogP contribution in [0.3, 0.4) is 0 Å². The summed E-state index contributed by atoms with van der Waals surface area (Å²) >= 11 is 0. The van der Waals surface area contributed by atoms with Crippen molar-refractivity contribution in [3.63, 3.8) is 0 Å². The van der Waals surface area contributed by atoms with E-state index in [1.165, 1.54) is 9.87 Å². The van der Waals surface area contributed by atoms with Crippen LogP contribution < -0.4 is 4.74 Å². The van der Waals surface area contributed by atoms with Gasteiger partial charge in [0, 0.05) is 37.7 Å². The van der Waals surface area contributed by atoms with Crippen molar-refractivity contribution in [1.82, 2.24) is 9.21 Å². The van der Waals surface area contributed by atoms with Crippen molar-refractivity contribution in [3.8, 4) is 5.75 Å². The van der Waals surface area contributed by atoms with E-state index in [0.29, 0.717) is 37.7 Å². The van der Waals surface area contributed by atoms with Crippen LogP contribution in [0.25, 0.3) is 0 Å². The summed E-state index contributed by atoms with van der Waals surface area (Å²) in [5, 5.41) is 0. The van der Waals surface area contributed by atoms with E-state index < -0.39 is 10.0 Å². The van der Waals surface area contributed by atoms with Gasteiger partial charge in [-0.15, -0.1) is 0 Å². The lowest BCUT2D eigenvalue weighted by molar-refractivity contribution is 0.0790. The van der Waals surface area contributed by atoms with Crippen molar-refractivity contribution < 1.29 is 17.9 Å². The first-order valence-corrected chi connectivity index (χ1v) is 11.5. The molecule has 0 bridgehead atoms. The average molecular weight is 415 g/mol. The van der Waals surface area contributed by atoms with Gasteiger partial charge in [0.05, 0.1) is 12.0 Å². The number of sulfonamides is 1. The van der Waals surface area contributed by atoms with Crippen LogP contribution in [-0.4, -0.2) is 56.8 Å². The van der Waals surface area contributed by atoms with Crippen molar-refractivity contribution >= 4 is 15.9 Å². The Balaban J connectivity index is 1.43. The van der Waals surface area contributed by atoms with Gasteiger partial charge < -0.3 is 9.64 Å². The summed E-state index contributed by atoms with van der Waals surface area (Å²) in [5.74, 6) is 1.08. The molecule has 6 nitrogen and oxygen atoms in total. The van der Waals surface area contributed by atoms with Gasteiger partial charge in [-0.2, -0.15) is 4.31 Å². The lowest BCUT2D eigenvalue weighted by Gasteiger charge is -2.18. The first kappa shape index (κ1) is 19.9. The second-order valence-corrected chi connectivity index (χ2v) is 9.58. The predicted molar refractivity (Wildman–Crippen MR) is 111 cm³/mol. The smallest absolute Gasteiger partial charge is 0.253 e. The molecular weight excluding hydrogens is 388 g/mol. The summed E-state index contributed by atoms with van der Waals surface area (Å²) in [6.45, 7) is 2.51. The molecule has 4 rings (SSSR count). The number of hydrogen-bond acceptors (Lipinski definition) is 4. The molecule has 2 aromatic rings. The van der Waals surface area contributed by atoms with Gasteiger partial charge in [0.25, 0.3) is 5.91 Å². The number of carbonyl (C=O) groups is 1. The molecule has 2 heterocycles. The molecule has 0 N–H and O–H groups in total. The minimum atomic E-state index is -3.45. The SMILES string of the molecule is COc1ccc(C2CCN(C(=O)c3ccc(S(=O)(=O)N4CCCC4)cc3)C2)cc1. The average Bonchev–Trinajstić information content (AvgIpc) is 3.46. The van der Waals surface area contributed by atoms with Gasteiger partial charge in [0.2, 0.25) is 10.0 Å². The molecule has 1 atom stereocenters. The molecule has 1 amide bonds. The number of nitrogens with zero attached hydrogens (tertiary/aromatic N) is 2. The monoisotopic (exact) mass is 414 g/mol. The largest absolute Gasteiger partial charge is 0.497 e. The minimum absolute atomic E-state index is 0.0499. The topological polar surface area (TPSA) is 66.9 Å². The zero-order valence-corrected chi connectivity index (χ0v) is 17.4. The molecule has 0 saturated carbocycles. The third-order valence-electron chi connectivity index (χ3n) is 5.87. The van der Waals surface area contributed by atoms with Crippen LogP contribution >= 0.6 is 0 Å². The predicted octanol–water partition coefficient (Wildman–Crippen LogP) is 3.11. The third kappa shape index (κ3) is 4.02. The van der Waals surface area contributed by atoms with Crippen LogP contribution in [-0.2, 0) is 10.0 Å². The highest BCUT2D eigenvalue weighted by molar-refractivity contribution is 7.89. The quantitative estimate of drug-likeness (QED) is 0.754. The molecule has 0 spiro atoms. The first-order chi connectivity index (χ1) is 14.0. The highest BCUT2D eigenvalue weighted by Gasteiger charge is 2.30. The Labute approximate surface area is 172 Å². The number of rotatable bonds is 5. The molecule has 0 radical (unpaired) electrons. The van der Waals surface area contributed by atoms with E-state index in [-0.39, 0.29) is 10.8 Å². The highest BCUT2D eigenvalue weighted by Crippen LogP contribution is 2.29. The van der Waals surface area contributed by atoms with Gasteiger partial charge in [-0.3, -0.25) is 4.79 Å². The molecule has 2 saturated heterocycles. The number of benzene rings is 2. The van der Waals surface area contributed by atoms with E-state index >= 15 is 0 Å². The van der Waals surface area contributed by atoms with Crippen molar-refractivity contribution in [3.05, 3.63) is 59.7 Å². The molecule has 2 fully saturated rings. The Kier molecular flexibility index (Phi) is 5.61. The Morgan fingerprint density at radius 1 is 0.966 bits per heavy atom. The van der Waals surface area contributed by atoms with Gasteiger partial charge in [0.1, 0.15) is 5.75 Å². The van der Waals surface area contributed by atoms with Crippen molar-refractivity contribution in [1.29, 1.82) is 0 Å². The minimum Gasteiger partial charge on any atom is -0.497 e. The molecule has 154 valence electrons. The molecule has 2 aliphatic rings. The van der Waals surface area contributed by atoms with Gasteiger partial charge in [-0.25, -0.2) is 8.42 Å². The van der Waals surface area contributed by atoms with E-state index in [2.05, 4.69) is 12.1 Å². The fourth-order valence-corrected chi connectivity index (χ4v) is 5.64. The number of methoxy groups -OCH3 is 1. The summed E-state index contributed by atoms with van der Waals surface area (Å²) in [7, 11) is -1.81. The Morgan fingerprint density at radius 2 is 1.62 bits per heavy atom. The van der Waals surface area contributed by atoms with Gasteiger partial charge >= 0.3 is 0 Å². The van der Waals surface area contributed by atoms with Crippen LogP contribution in [0, 0.1) is 0 Å². The fourth-order valence-electron chi connectivity index (χ4n) is 4.12. The second-order valence-electron chi connectivity index (χ2n) is 7.65. The van der Waals surface area contributed by atoms with Crippen molar-refractivity contribution in [2.45, 2.75) is 30.1 Å². The number of carbonyl (C=O) groups excluding carboxylic acids is 1. The number of ether oxygens (including phenoxy) is 1. The van der Waals surface area contributed by atoms with Crippen LogP contribution in [0.4, 0.5) is 0 Å². The van der Waals surface area contributed by atoms with Crippen LogP contribution in [0.15, 0.2) is 53.4 Å². The maximum atomic E-state index is 12.9. The molecule has 2 aliphatic heterocycles. The summed E-state index contributed by atoms with van der Waals surface area (Å²) in [6, 6.07) is 14.4. The third-order valence-corrected chi connectivity index (χ3v) is 7.78. The standard InChI is InChI=1S/C22H26N2O4S/c1-28-20-8-4-17(5-9-20)19-12-15-23(16-19)22(25)18-6-10-21(11-7-18)29(26,27)24-13-2-3-14-24/h4-11,19H,2-3,12-16H2,1H3. The lowest BCUT2D eigenvalue weighted by atomic mass is 9.98. The maximum absolute atomic E-state index is 12.9. The Bertz CT molecular complexity index is 965. The normalized spacial score (nSPS) is 20.2. The first-order valence-electron chi connectivity index (χ1n) is 10.0. The molecular formula is C22H26N2O4S. The summed E-state index contributed by atoms with van der Waals surface area (Å²) in [5.41, 5.74) is 1.73. The highest BCUT2D eigenvalue weighted by atomic mass is 32.2. The second kappa shape index (κ2) is 8.16. The van der Waals surface area contributed by atoms with Crippen molar-refractivity contribution in [2.75, 3.05) is 33.3 Å². The number of amides is 1. The number of likely N-dealkylation sites (tertiary alicyclic amines) is 1. The van der Waals surface area contributed by atoms with E-state index in [1.807, 2.05) is 17.0 Å². The van der Waals surface area contributed by atoms with Gasteiger partial charge in [0.15, 0.2) is 0 Å². The molecule has 1 unspecified atom stereocenters. The van der Waals surface area contributed by atoms with E-state index in [9.17, 15) is 13.2 Å².